The van der Waals surface area contributed by atoms with Gasteiger partial charge in [-0.1, -0.05) is 15.9 Å². The number of nitrogens with two attached hydrogens (primary N) is 3. The molecule has 0 aliphatic heterocycles. The Morgan fingerprint density at radius 3 is 0.833 bits per heavy atom. The maximum atomic E-state index is 13.0. The average molecular weight is 1880 g/mol. The van der Waals surface area contributed by atoms with Gasteiger partial charge in [-0.3, -0.25) is 44.7 Å². The molecule has 0 spiro atoms. The lowest BCUT2D eigenvalue weighted by Gasteiger charge is -2.20. The fourth-order valence-electron chi connectivity index (χ4n) is 8.80. The normalized spacial score (nSPS) is 10.5. The molecule has 0 heterocycles. The highest BCUT2D eigenvalue weighted by Gasteiger charge is 2.20. The van der Waals surface area contributed by atoms with Crippen LogP contribution in [0.25, 0.3) is 0 Å². The molecule has 42 heteroatoms. The van der Waals surface area contributed by atoms with Gasteiger partial charge in [-0.25, -0.2) is 51.1 Å². The van der Waals surface area contributed by atoms with E-state index in [4.69, 9.17) is 31.8 Å². The van der Waals surface area contributed by atoms with Crippen LogP contribution in [0.2, 0.25) is 0 Å². The number of nitrogens with zero attached hydrogens (tertiary/aromatic N) is 7. The number of nitrogens with one attached hydrogen (secondary N) is 11. The molecule has 0 aromatic heterocycles. The minimum Gasteiger partial charge on any atom is -0.444 e. The van der Waals surface area contributed by atoms with E-state index in [1.54, 1.807) is 137 Å². The molecule has 12 amide bonds. The Morgan fingerprint density at radius 1 is 0.397 bits per heavy atom. The predicted molar refractivity (Wildman–Crippen MR) is 509 cm³/mol. The van der Waals surface area contributed by atoms with Crippen molar-refractivity contribution in [1.29, 1.82) is 0 Å². The van der Waals surface area contributed by atoms with Crippen LogP contribution in [-0.2, 0) is 9.47 Å². The molecule has 18 N–H and O–H groups in total. The van der Waals surface area contributed by atoms with Gasteiger partial charge in [0, 0.05) is 214 Å². The Morgan fingerprint density at radius 2 is 0.619 bits per heavy atom. The molecule has 0 saturated carbocycles. The highest BCUT2D eigenvalue weighted by atomic mass is 79.9. The second-order valence-corrected chi connectivity index (χ2v) is 28.0. The highest BCUT2D eigenvalue weighted by molar-refractivity contribution is 9.09. The summed E-state index contributed by atoms with van der Waals surface area (Å²) in [5, 5.41) is 58.5. The molecule has 0 aliphatic carbocycles. The number of hydrogen-bond donors (Lipinski definition) is 15. The number of nitro benzene ring substituents is 2. The zero-order chi connectivity index (χ0) is 94.5. The van der Waals surface area contributed by atoms with Crippen LogP contribution in [0.1, 0.15) is 76.2 Å². The summed E-state index contributed by atoms with van der Waals surface area (Å²) < 4.78 is 59.9. The fraction of sp³-hybridized carbons (Fsp3) is 0.393. The zero-order valence-corrected chi connectivity index (χ0v) is 77.9. The van der Waals surface area contributed by atoms with E-state index in [1.807, 2.05) is 95.3 Å². The van der Waals surface area contributed by atoms with Gasteiger partial charge in [-0.15, -0.1) is 24.8 Å². The first kappa shape index (κ1) is 120. The summed E-state index contributed by atoms with van der Waals surface area (Å²) in [6.45, 7) is 24.2. The summed E-state index contributed by atoms with van der Waals surface area (Å²) in [6, 6.07) is 40.1. The first-order valence-electron chi connectivity index (χ1n) is 38.8. The van der Waals surface area contributed by atoms with Gasteiger partial charge >= 0.3 is 42.3 Å². The van der Waals surface area contributed by atoms with E-state index >= 15 is 0 Å². The van der Waals surface area contributed by atoms with Crippen LogP contribution in [0.15, 0.2) is 193 Å². The lowest BCUT2D eigenvalue weighted by molar-refractivity contribution is -0.385. The molecular weight excluding hydrogens is 1750 g/mol. The third-order valence-electron chi connectivity index (χ3n) is 15.6. The number of ether oxygens (including phenoxy) is 2. The number of benzene rings is 6. The number of alkyl halides is 1. The van der Waals surface area contributed by atoms with E-state index in [0.29, 0.717) is 110 Å². The largest absolute Gasteiger partial charge is 0.444 e. The minimum atomic E-state index is -0.606. The second-order valence-electron chi connectivity index (χ2n) is 27.4. The van der Waals surface area contributed by atoms with E-state index in [2.05, 4.69) is 74.4 Å². The Balaban J connectivity index is -0.000000696. The minimum absolute atomic E-state index is 0. The second kappa shape index (κ2) is 68.0. The monoisotopic (exact) mass is 1880 g/mol. The molecule has 0 radical (unpaired) electrons. The summed E-state index contributed by atoms with van der Waals surface area (Å²) in [7, 11) is 11.2. The lowest BCUT2D eigenvalue weighted by atomic mass is 10.2. The van der Waals surface area contributed by atoms with Crippen LogP contribution in [0.3, 0.4) is 0 Å². The number of nitro groups is 2. The molecule has 6 aromatic carbocycles. The van der Waals surface area contributed by atoms with Crippen molar-refractivity contribution in [2.75, 3.05) is 185 Å². The third-order valence-corrected chi connectivity index (χ3v) is 16.3. The SMILES string of the molecule is CC(C)(C)OC(=O)NCC(=CF)CBr.CCNC(=O)N(C)c1ccc(N)cc1.CCNC(=O)N(C)c1ccc(NC/C(=C/F)CN)cc1.CCNC(=O)N(C)c1ccc(NC/C(=C\F)CN)cc1.CCNC(=O)N(C)c1ccc(NCC(=CF)CNC(=O)OC(C)(C)C)cc1.CCNC(=O)N(C)c1ccc([N+](=O)[O-])cc1.CNc1ccc([N+](=O)[O-])cc1.CO.Cl.Cl. The number of amides is 12. The number of urea groups is 5. The van der Waals surface area contributed by atoms with Crippen LogP contribution in [-0.4, -0.2) is 202 Å². The third kappa shape index (κ3) is 52.3. The van der Waals surface area contributed by atoms with Crippen LogP contribution >= 0.6 is 40.7 Å². The Hall–Kier alpha value is -12.4. The van der Waals surface area contributed by atoms with E-state index < -0.39 is 33.2 Å². The standard InChI is InChI=1S/C19H29FN4O3.2C14H21FN4O.C10H13N3O3.C10H15N3O.C9H15BrFNO2.C7H8N2O2.CH4O.2ClH/c1-6-21-17(25)24(5)16-9-7-15(8-10-16)22-12-14(11-20)13-23-18(26)27-19(2,3)4;2*1-3-17-14(20)19(2)13-6-4-12(5-7-13)18-10-11(8-15)9-16;1-3-11-10(14)12(2)8-4-6-9(7-5-8)13(15)16;1-3-12-10(14)13(2)9-6-4-8(11)5-7-9;1-9(2,3)14-8(13)12-6-7(4-10)5-11;1-8-6-2-4-7(5-3-6)9(10)11;1-2;;/h7-11,22H,6,12-13H2,1-5H3,(H,21,25)(H,23,26);2*4-8,18H,3,9-10,16H2,1-2H3,(H,17,20);4-7H,3H2,1-2H3,(H,11,14);4-7H,3,11H2,1-2H3,(H,12,14);5H,4,6H2,1-3H3,(H,12,13);2-5,8H,1H3;2H,1H3;2*1H/b;11-8+;11-8-;;;;;;;. The first-order chi connectivity index (χ1) is 58.7. The van der Waals surface area contributed by atoms with Crippen LogP contribution in [0.5, 0.6) is 0 Å². The van der Waals surface area contributed by atoms with E-state index in [9.17, 15) is 71.4 Å². The zero-order valence-electron chi connectivity index (χ0n) is 74.7. The summed E-state index contributed by atoms with van der Waals surface area (Å²) >= 11 is 3.09. The molecule has 126 heavy (non-hydrogen) atoms. The number of hydrogen-bond acceptors (Lipinski definition) is 21. The number of carbonyl (C=O) groups is 7. The maximum absolute atomic E-state index is 13.0. The molecule has 0 fully saturated rings. The van der Waals surface area contributed by atoms with Gasteiger partial charge < -0.3 is 90.3 Å². The van der Waals surface area contributed by atoms with Crippen molar-refractivity contribution in [3.05, 3.63) is 213 Å². The molecule has 0 atom stereocenters. The van der Waals surface area contributed by atoms with Crippen molar-refractivity contribution in [3.8, 4) is 0 Å². The van der Waals surface area contributed by atoms with Gasteiger partial charge in [-0.05, 0) is 220 Å². The Kier molecular flexibility index (Phi) is 64.8. The van der Waals surface area contributed by atoms with Crippen molar-refractivity contribution >= 4 is 151 Å². The number of alkyl carbamates (subject to hydrolysis) is 2. The van der Waals surface area contributed by atoms with Gasteiger partial charge in [0.15, 0.2) is 0 Å². The van der Waals surface area contributed by atoms with Crippen LogP contribution in [0.4, 0.5) is 119 Å². The summed E-state index contributed by atoms with van der Waals surface area (Å²) in [4.78, 5) is 108. The number of carbonyl (C=O) groups excluding carboxylic acids is 7. The number of non-ortho nitro benzene ring substituents is 2. The fourth-order valence-corrected chi connectivity index (χ4v) is 9.12. The molecule has 0 saturated heterocycles. The van der Waals surface area contributed by atoms with E-state index in [1.165, 1.54) is 56.0 Å². The van der Waals surface area contributed by atoms with Gasteiger partial charge in [-0.2, -0.15) is 0 Å². The summed E-state index contributed by atoms with van der Waals surface area (Å²) in [5.74, 6) is 0. The predicted octanol–water partition coefficient (Wildman–Crippen LogP) is 15.8. The highest BCUT2D eigenvalue weighted by Crippen LogP contribution is 2.23. The Labute approximate surface area is 757 Å². The molecule has 0 aliphatic rings. The topological polar surface area (TPSA) is 471 Å². The summed E-state index contributed by atoms with van der Waals surface area (Å²) in [6.07, 6.45) is 0.819. The molecule has 0 bridgehead atoms. The van der Waals surface area contributed by atoms with Crippen LogP contribution in [0, 0.1) is 20.2 Å². The van der Waals surface area contributed by atoms with Gasteiger partial charge in [0.1, 0.15) is 11.2 Å². The lowest BCUT2D eigenvalue weighted by Crippen LogP contribution is -2.37. The summed E-state index contributed by atoms with van der Waals surface area (Å²) in [5.41, 5.74) is 24.8. The van der Waals surface area contributed by atoms with Crippen molar-refractivity contribution in [2.24, 2.45) is 11.5 Å². The van der Waals surface area contributed by atoms with Crippen molar-refractivity contribution in [1.82, 2.24) is 37.2 Å². The maximum Gasteiger partial charge on any atom is 0.407 e. The number of halogens is 7. The van der Waals surface area contributed by atoms with Gasteiger partial charge in [0.2, 0.25) is 0 Å². The number of aliphatic hydroxyl groups excluding tert-OH is 1. The van der Waals surface area contributed by atoms with Crippen molar-refractivity contribution < 1.29 is 75.6 Å². The van der Waals surface area contributed by atoms with Crippen molar-refractivity contribution in [3.63, 3.8) is 0 Å². The number of nitrogen functional groups attached to an aromatic ring is 1. The molecule has 35 nitrogen and oxygen atoms in total. The van der Waals surface area contributed by atoms with E-state index in [0.717, 1.165) is 52.6 Å². The average Bonchev–Trinajstić information content (AvgIpc) is 0.869. The number of aliphatic hydroxyl groups is 1. The van der Waals surface area contributed by atoms with Crippen molar-refractivity contribution in [2.45, 2.75) is 87.4 Å². The van der Waals surface area contributed by atoms with E-state index in [-0.39, 0.29) is 99.1 Å². The molecule has 6 rings (SSSR count). The molecule has 702 valence electrons. The Bertz CT molecular complexity index is 4170. The first-order valence-corrected chi connectivity index (χ1v) is 39.9. The molecular formula is C84H128BrCl2F4N21O14. The number of rotatable bonds is 29. The van der Waals surface area contributed by atoms with Gasteiger partial charge in [0.25, 0.3) is 11.4 Å². The van der Waals surface area contributed by atoms with Crippen LogP contribution < -0.4 is 100 Å². The number of anilines is 10. The molecule has 6 aromatic rings. The van der Waals surface area contributed by atoms with Gasteiger partial charge in [0.05, 0.1) is 35.2 Å². The smallest absolute Gasteiger partial charge is 0.407 e. The quantitative estimate of drug-likeness (QED) is 0.00682. The molecule has 0 unspecified atom stereocenters.